The van der Waals surface area contributed by atoms with E-state index in [1.54, 1.807) is 0 Å². The molecule has 3 N–H and O–H groups in total. The summed E-state index contributed by atoms with van der Waals surface area (Å²) in [6.45, 7) is 11.6. The Balaban J connectivity index is 2.70. The second-order valence-corrected chi connectivity index (χ2v) is 5.68. The van der Waals surface area contributed by atoms with E-state index < -0.39 is 0 Å². The molecule has 0 amide bonds. The molecule has 96 valence electrons. The molecule has 0 saturated carbocycles. The third-order valence-electron chi connectivity index (χ3n) is 3.11. The van der Waals surface area contributed by atoms with Gasteiger partial charge in [-0.15, -0.1) is 0 Å². The minimum atomic E-state index is 0.229. The first-order valence-electron chi connectivity index (χ1n) is 6.46. The Morgan fingerprint density at radius 3 is 2.47 bits per heavy atom. The number of nitrogens with one attached hydrogen (secondary N) is 1. The quantitative estimate of drug-likeness (QED) is 0.768. The number of rotatable bonds is 5. The molecule has 1 aromatic rings. The number of benzene rings is 1. The topological polar surface area (TPSA) is 38.0 Å². The first kappa shape index (κ1) is 14.2. The molecule has 0 fully saturated rings. The molecule has 0 spiro atoms. The highest BCUT2D eigenvalue weighted by Crippen LogP contribution is 2.24. The molecule has 0 aliphatic heterocycles. The highest BCUT2D eigenvalue weighted by Gasteiger charge is 2.14. The maximum Gasteiger partial charge on any atom is 0.00746 e. The molecule has 0 aliphatic carbocycles. The van der Waals surface area contributed by atoms with Crippen molar-refractivity contribution in [3.05, 3.63) is 34.9 Å². The van der Waals surface area contributed by atoms with Gasteiger partial charge in [-0.05, 0) is 42.0 Å². The van der Waals surface area contributed by atoms with Crippen LogP contribution < -0.4 is 11.1 Å². The predicted molar refractivity (Wildman–Crippen MR) is 75.5 cm³/mol. The van der Waals surface area contributed by atoms with Crippen LogP contribution in [-0.4, -0.2) is 19.6 Å². The van der Waals surface area contributed by atoms with Crippen LogP contribution in [0.25, 0.3) is 0 Å². The number of hydrogen-bond donors (Lipinski definition) is 2. The Morgan fingerprint density at radius 1 is 1.18 bits per heavy atom. The van der Waals surface area contributed by atoms with Gasteiger partial charge in [0, 0.05) is 13.1 Å². The fourth-order valence-electron chi connectivity index (χ4n) is 1.86. The van der Waals surface area contributed by atoms with Crippen LogP contribution >= 0.6 is 0 Å². The normalized spacial score (nSPS) is 11.8. The van der Waals surface area contributed by atoms with E-state index in [9.17, 15) is 0 Å². The van der Waals surface area contributed by atoms with E-state index in [1.807, 2.05) is 0 Å². The fourth-order valence-corrected chi connectivity index (χ4v) is 1.86. The first-order chi connectivity index (χ1) is 7.95. The first-order valence-corrected chi connectivity index (χ1v) is 6.46. The van der Waals surface area contributed by atoms with Crippen molar-refractivity contribution < 1.29 is 0 Å². The summed E-state index contributed by atoms with van der Waals surface area (Å²) in [5, 5.41) is 3.34. The average Bonchev–Trinajstić information content (AvgIpc) is 2.25. The summed E-state index contributed by atoms with van der Waals surface area (Å²) in [7, 11) is 0. The van der Waals surface area contributed by atoms with E-state index in [0.717, 1.165) is 19.5 Å². The van der Waals surface area contributed by atoms with Gasteiger partial charge in [-0.1, -0.05) is 39.0 Å². The Morgan fingerprint density at radius 2 is 1.88 bits per heavy atom. The molecular formula is C15H26N2. The van der Waals surface area contributed by atoms with Crippen molar-refractivity contribution in [1.29, 1.82) is 0 Å². The zero-order valence-electron chi connectivity index (χ0n) is 11.6. The lowest BCUT2D eigenvalue weighted by Crippen LogP contribution is -2.24. The van der Waals surface area contributed by atoms with Gasteiger partial charge in [-0.3, -0.25) is 0 Å². The van der Waals surface area contributed by atoms with Gasteiger partial charge in [0.1, 0.15) is 0 Å². The summed E-state index contributed by atoms with van der Waals surface area (Å²) in [5.41, 5.74) is 9.93. The van der Waals surface area contributed by atoms with Gasteiger partial charge in [-0.25, -0.2) is 0 Å². The maximum absolute atomic E-state index is 5.46. The molecule has 1 rings (SSSR count). The lowest BCUT2D eigenvalue weighted by atomic mass is 9.85. The highest BCUT2D eigenvalue weighted by molar-refractivity contribution is 5.34. The van der Waals surface area contributed by atoms with Crippen molar-refractivity contribution in [2.45, 2.75) is 39.5 Å². The van der Waals surface area contributed by atoms with E-state index in [4.69, 9.17) is 5.73 Å². The zero-order chi connectivity index (χ0) is 12.9. The molecular weight excluding hydrogens is 208 g/mol. The van der Waals surface area contributed by atoms with Crippen molar-refractivity contribution in [2.24, 2.45) is 5.73 Å². The SMILES string of the molecule is Cc1ccc(C(C)(C)C)cc1CCNCCN. The molecule has 2 nitrogen and oxygen atoms in total. The summed E-state index contributed by atoms with van der Waals surface area (Å²) in [6.07, 6.45) is 1.08. The Labute approximate surface area is 106 Å². The molecule has 0 atom stereocenters. The van der Waals surface area contributed by atoms with Crippen LogP contribution in [0, 0.1) is 6.92 Å². The maximum atomic E-state index is 5.46. The molecule has 0 radical (unpaired) electrons. The summed E-state index contributed by atoms with van der Waals surface area (Å²) >= 11 is 0. The van der Waals surface area contributed by atoms with Crippen molar-refractivity contribution in [3.63, 3.8) is 0 Å². The van der Waals surface area contributed by atoms with Crippen LogP contribution in [0.4, 0.5) is 0 Å². The number of aryl methyl sites for hydroxylation is 1. The average molecular weight is 234 g/mol. The molecule has 0 aliphatic rings. The third-order valence-corrected chi connectivity index (χ3v) is 3.11. The highest BCUT2D eigenvalue weighted by atomic mass is 14.9. The van der Waals surface area contributed by atoms with Crippen LogP contribution in [-0.2, 0) is 11.8 Å². The van der Waals surface area contributed by atoms with Crippen LogP contribution in [0.2, 0.25) is 0 Å². The fraction of sp³-hybridized carbons (Fsp3) is 0.600. The summed E-state index contributed by atoms with van der Waals surface area (Å²) in [4.78, 5) is 0. The van der Waals surface area contributed by atoms with E-state index in [2.05, 4.69) is 51.2 Å². The van der Waals surface area contributed by atoms with Crippen molar-refractivity contribution in [3.8, 4) is 0 Å². The van der Waals surface area contributed by atoms with Crippen molar-refractivity contribution in [2.75, 3.05) is 19.6 Å². The zero-order valence-corrected chi connectivity index (χ0v) is 11.6. The molecule has 0 heterocycles. The molecule has 2 heteroatoms. The predicted octanol–water partition coefficient (Wildman–Crippen LogP) is 2.38. The van der Waals surface area contributed by atoms with Gasteiger partial charge in [0.2, 0.25) is 0 Å². The second-order valence-electron chi connectivity index (χ2n) is 5.68. The van der Waals surface area contributed by atoms with Crippen LogP contribution in [0.5, 0.6) is 0 Å². The Bertz CT molecular complexity index is 350. The minimum Gasteiger partial charge on any atom is -0.329 e. The van der Waals surface area contributed by atoms with Gasteiger partial charge in [-0.2, -0.15) is 0 Å². The molecule has 0 unspecified atom stereocenters. The van der Waals surface area contributed by atoms with E-state index in [-0.39, 0.29) is 5.41 Å². The molecule has 1 aromatic carbocycles. The van der Waals surface area contributed by atoms with Gasteiger partial charge >= 0.3 is 0 Å². The third kappa shape index (κ3) is 4.49. The van der Waals surface area contributed by atoms with Crippen LogP contribution in [0.3, 0.4) is 0 Å². The van der Waals surface area contributed by atoms with Gasteiger partial charge < -0.3 is 11.1 Å². The van der Waals surface area contributed by atoms with Crippen molar-refractivity contribution in [1.82, 2.24) is 5.32 Å². The molecule has 0 saturated heterocycles. The van der Waals surface area contributed by atoms with Gasteiger partial charge in [0.25, 0.3) is 0 Å². The Hall–Kier alpha value is -0.860. The van der Waals surface area contributed by atoms with Crippen LogP contribution in [0.1, 0.15) is 37.5 Å². The monoisotopic (exact) mass is 234 g/mol. The summed E-state index contributed by atoms with van der Waals surface area (Å²) < 4.78 is 0. The Kier molecular flexibility index (Phi) is 5.16. The lowest BCUT2D eigenvalue weighted by molar-refractivity contribution is 0.588. The lowest BCUT2D eigenvalue weighted by Gasteiger charge is -2.21. The number of hydrogen-bond acceptors (Lipinski definition) is 2. The van der Waals surface area contributed by atoms with Gasteiger partial charge in [0.15, 0.2) is 0 Å². The second kappa shape index (κ2) is 6.18. The summed E-state index contributed by atoms with van der Waals surface area (Å²) in [6, 6.07) is 6.82. The van der Waals surface area contributed by atoms with Gasteiger partial charge in [0.05, 0.1) is 0 Å². The molecule has 0 bridgehead atoms. The van der Waals surface area contributed by atoms with E-state index in [0.29, 0.717) is 6.54 Å². The smallest absolute Gasteiger partial charge is 0.00746 e. The molecule has 0 aromatic heterocycles. The van der Waals surface area contributed by atoms with E-state index in [1.165, 1.54) is 16.7 Å². The van der Waals surface area contributed by atoms with Crippen LogP contribution in [0.15, 0.2) is 18.2 Å². The standard InChI is InChI=1S/C15H26N2/c1-12-5-6-14(15(2,3)4)11-13(12)7-9-17-10-8-16/h5-6,11,17H,7-10,16H2,1-4H3. The minimum absolute atomic E-state index is 0.229. The summed E-state index contributed by atoms with van der Waals surface area (Å²) in [5.74, 6) is 0. The van der Waals surface area contributed by atoms with E-state index >= 15 is 0 Å². The number of nitrogens with two attached hydrogens (primary N) is 1. The largest absolute Gasteiger partial charge is 0.329 e. The molecule has 17 heavy (non-hydrogen) atoms. The van der Waals surface area contributed by atoms with Crippen molar-refractivity contribution >= 4 is 0 Å².